The molecule has 3 aliphatic rings. The zero-order valence-corrected chi connectivity index (χ0v) is 52.5. The van der Waals surface area contributed by atoms with Crippen molar-refractivity contribution in [1.29, 1.82) is 0 Å². The highest BCUT2D eigenvalue weighted by molar-refractivity contribution is 6.03. The summed E-state index contributed by atoms with van der Waals surface area (Å²) in [6.45, 7) is 15.9. The molecule has 1 saturated heterocycles. The predicted octanol–water partition coefficient (Wildman–Crippen LogP) is 11.5. The summed E-state index contributed by atoms with van der Waals surface area (Å²) < 4.78 is 9.37. The maximum absolute atomic E-state index is 15.1. The van der Waals surface area contributed by atoms with Crippen LogP contribution in [0.2, 0.25) is 0 Å². The number of rotatable bonds is 27. The van der Waals surface area contributed by atoms with Crippen LogP contribution >= 0.6 is 0 Å². The SMILES string of the molecule is CC(C)C[C@H](NC(=O)[C@H](Cc1ccccc1)NC(=O)[C@H](Cc1ccc(-c2ccccc2)cc1)NC(=O)[C@H](Cc1ccccc1)n1cc(NC(=O)CCCCC[N+]2=C(/C=C/C=C3/N(C)c4ccccc4C3(C)C)C(C)(C)c3ccccc32)nn1)C(=O)[C@@]1(C)CO1. The third kappa shape index (κ3) is 14.9. The number of aromatic nitrogens is 3. The van der Waals surface area contributed by atoms with Crippen molar-refractivity contribution in [2.45, 2.75) is 140 Å². The van der Waals surface area contributed by atoms with Crippen LogP contribution in [0.1, 0.15) is 114 Å². The molecule has 0 aliphatic carbocycles. The first-order valence-corrected chi connectivity index (χ1v) is 31.3. The largest absolute Gasteiger partial charge is 0.361 e. The summed E-state index contributed by atoms with van der Waals surface area (Å²) in [6.07, 6.45) is 11.6. The fourth-order valence-corrected chi connectivity index (χ4v) is 12.6. The Morgan fingerprint density at radius 1 is 0.618 bits per heavy atom. The molecule has 4 heterocycles. The summed E-state index contributed by atoms with van der Waals surface area (Å²) in [5, 5.41) is 20.7. The van der Waals surface area contributed by atoms with E-state index < -0.39 is 47.5 Å². The second kappa shape index (κ2) is 27.5. The highest BCUT2D eigenvalue weighted by Crippen LogP contribution is 2.47. The first-order chi connectivity index (χ1) is 42.8. The Morgan fingerprint density at radius 2 is 1.17 bits per heavy atom. The van der Waals surface area contributed by atoms with Gasteiger partial charge in [-0.1, -0.05) is 191 Å². The molecule has 460 valence electrons. The highest BCUT2D eigenvalue weighted by atomic mass is 16.6. The molecular weight excluding hydrogens is 1110 g/mol. The van der Waals surface area contributed by atoms with Gasteiger partial charge in [-0.3, -0.25) is 24.0 Å². The number of ether oxygens (including phenoxy) is 1. The lowest BCUT2D eigenvalue weighted by Crippen LogP contribution is -2.58. The van der Waals surface area contributed by atoms with Crippen LogP contribution in [0.3, 0.4) is 0 Å². The topological polar surface area (TPSA) is 183 Å². The van der Waals surface area contributed by atoms with Crippen LogP contribution < -0.4 is 26.2 Å². The fourth-order valence-electron chi connectivity index (χ4n) is 12.6. The lowest BCUT2D eigenvalue weighted by Gasteiger charge is -2.27. The number of anilines is 2. The highest BCUT2D eigenvalue weighted by Gasteiger charge is 2.50. The van der Waals surface area contributed by atoms with Gasteiger partial charge in [0, 0.05) is 73.7 Å². The van der Waals surface area contributed by atoms with Crippen LogP contribution in [0.4, 0.5) is 17.2 Å². The van der Waals surface area contributed by atoms with Gasteiger partial charge in [0.2, 0.25) is 29.3 Å². The van der Waals surface area contributed by atoms with E-state index >= 15 is 9.59 Å². The molecule has 0 unspecified atom stereocenters. The molecule has 7 aromatic rings. The Labute approximate surface area is 523 Å². The minimum atomic E-state index is -1.19. The monoisotopic (exact) mass is 1190 g/mol. The number of fused-ring (bicyclic) bond motifs is 2. The van der Waals surface area contributed by atoms with E-state index in [9.17, 15) is 14.4 Å². The number of benzene rings is 6. The van der Waals surface area contributed by atoms with Crippen LogP contribution in [-0.4, -0.2) is 98.6 Å². The summed E-state index contributed by atoms with van der Waals surface area (Å²) in [5.41, 5.74) is 10.6. The number of hydrogen-bond donors (Lipinski definition) is 4. The van der Waals surface area contributed by atoms with Gasteiger partial charge in [0.25, 0.3) is 0 Å². The quantitative estimate of drug-likeness (QED) is 0.0221. The molecular formula is C74H84N9O6+. The lowest BCUT2D eigenvalue weighted by atomic mass is 9.81. The van der Waals surface area contributed by atoms with Crippen LogP contribution in [-0.2, 0) is 58.8 Å². The molecule has 0 saturated carbocycles. The summed E-state index contributed by atoms with van der Waals surface area (Å²) in [5.74, 6) is -1.85. The Bertz CT molecular complexity index is 3750. The van der Waals surface area contributed by atoms with Crippen LogP contribution in [0.15, 0.2) is 194 Å². The zero-order valence-electron chi connectivity index (χ0n) is 52.5. The summed E-state index contributed by atoms with van der Waals surface area (Å²) in [4.78, 5) is 74.3. The second-order valence-electron chi connectivity index (χ2n) is 25.6. The number of para-hydroxylation sites is 2. The van der Waals surface area contributed by atoms with Gasteiger partial charge in [0.15, 0.2) is 17.3 Å². The maximum Gasteiger partial charge on any atom is 0.245 e. The van der Waals surface area contributed by atoms with Crippen molar-refractivity contribution in [2.75, 3.05) is 30.4 Å². The van der Waals surface area contributed by atoms with E-state index in [0.717, 1.165) is 47.2 Å². The summed E-state index contributed by atoms with van der Waals surface area (Å²) in [6, 6.07) is 49.6. The molecule has 1 aromatic heterocycles. The standard InChI is InChI=1S/C74H83N9O6/c1-50(2)44-58(68(85)74(7)49-89-74)75-69(86)59(45-51-26-13-9-14-27-51)76-70(87)60(46-53-39-41-55(42-40-53)54-30-17-11-18-31-54)77-71(88)63(47-52-28-15-10-16-29-52)83-48-66(79-80-83)78-67(84)38-19-12-24-43-82-62-35-23-21-33-57(62)73(5,6)65(82)37-25-36-64-72(3,4)56-32-20-22-34-61(56)81(64)8/h9-11,13-18,20-23,25-37,39-42,48,50,58-60,63H,12,19,24,38,43-47,49H2,1-8H3,(H3-,75,76,77,78,84,86,87,88)/p+1/t58-,59-,60-,63-,74+/m0/s1. The average molecular weight is 1200 g/mol. The molecule has 5 atom stereocenters. The van der Waals surface area contributed by atoms with Crippen molar-refractivity contribution >= 4 is 52.3 Å². The Balaban J connectivity index is 0.833. The van der Waals surface area contributed by atoms with Gasteiger partial charge in [0.05, 0.1) is 24.3 Å². The normalized spacial score (nSPS) is 18.0. The number of ketones is 1. The third-order valence-corrected chi connectivity index (χ3v) is 17.7. The van der Waals surface area contributed by atoms with Gasteiger partial charge in [0.1, 0.15) is 30.3 Å². The van der Waals surface area contributed by atoms with Crippen molar-refractivity contribution in [3.05, 3.63) is 222 Å². The van der Waals surface area contributed by atoms with Gasteiger partial charge >= 0.3 is 0 Å². The number of amides is 4. The number of epoxide rings is 1. The van der Waals surface area contributed by atoms with E-state index in [1.807, 2.05) is 129 Å². The minimum absolute atomic E-state index is 0.0674. The Morgan fingerprint density at radius 3 is 1.80 bits per heavy atom. The van der Waals surface area contributed by atoms with E-state index in [-0.39, 0.29) is 66.5 Å². The van der Waals surface area contributed by atoms with Crippen molar-refractivity contribution in [2.24, 2.45) is 5.92 Å². The molecule has 0 spiro atoms. The van der Waals surface area contributed by atoms with Crippen LogP contribution in [0.25, 0.3) is 11.1 Å². The van der Waals surface area contributed by atoms with Crippen LogP contribution in [0, 0.1) is 5.92 Å². The molecule has 89 heavy (non-hydrogen) atoms. The minimum Gasteiger partial charge on any atom is -0.361 e. The third-order valence-electron chi connectivity index (χ3n) is 17.7. The average Bonchev–Trinajstić information content (AvgIpc) is 1.66. The summed E-state index contributed by atoms with van der Waals surface area (Å²) in [7, 11) is 2.14. The second-order valence-corrected chi connectivity index (χ2v) is 25.6. The maximum atomic E-state index is 15.1. The van der Waals surface area contributed by atoms with E-state index in [1.165, 1.54) is 38.6 Å². The molecule has 3 aliphatic heterocycles. The van der Waals surface area contributed by atoms with Gasteiger partial charge in [-0.25, -0.2) is 4.68 Å². The van der Waals surface area contributed by atoms with Crippen molar-refractivity contribution < 1.29 is 33.3 Å². The predicted molar refractivity (Wildman–Crippen MR) is 351 cm³/mol. The van der Waals surface area contributed by atoms with E-state index in [2.05, 4.69) is 143 Å². The number of hydrogen-bond acceptors (Lipinski definition) is 9. The first kappa shape index (κ1) is 63.0. The number of allylic oxidation sites excluding steroid dienone is 4. The Hall–Kier alpha value is -9.08. The number of Topliss-reactive ketones (excluding diaryl/α,β-unsaturated/α-hetero) is 1. The molecule has 15 nitrogen and oxygen atoms in total. The number of nitrogens with one attached hydrogen (secondary N) is 4. The van der Waals surface area contributed by atoms with E-state index in [4.69, 9.17) is 4.74 Å². The zero-order chi connectivity index (χ0) is 62.9. The smallest absolute Gasteiger partial charge is 0.245 e. The molecule has 4 N–H and O–H groups in total. The number of carbonyl (C=O) groups is 5. The van der Waals surface area contributed by atoms with Gasteiger partial charge < -0.3 is 30.9 Å². The molecule has 10 rings (SSSR count). The van der Waals surface area contributed by atoms with Gasteiger partial charge in [-0.15, -0.1) is 5.10 Å². The fraction of sp³-hybridized carbons (Fsp3) is 0.351. The molecule has 15 heteroatoms. The molecule has 6 aromatic carbocycles. The van der Waals surface area contributed by atoms with Gasteiger partial charge in [-0.2, -0.15) is 4.58 Å². The Kier molecular flexibility index (Phi) is 19.5. The number of unbranched alkanes of at least 4 members (excludes halogenated alkanes) is 2. The number of carbonyl (C=O) groups excluding carboxylic acids is 5. The van der Waals surface area contributed by atoms with Gasteiger partial charge in [-0.05, 0) is 91.5 Å². The summed E-state index contributed by atoms with van der Waals surface area (Å²) >= 11 is 0. The number of likely N-dealkylation sites (N-methyl/N-ethyl adjacent to an activating group) is 1. The molecule has 1 fully saturated rings. The molecule has 4 amide bonds. The lowest BCUT2D eigenvalue weighted by molar-refractivity contribution is -0.438. The van der Waals surface area contributed by atoms with E-state index in [1.54, 1.807) is 13.1 Å². The van der Waals surface area contributed by atoms with E-state index in [0.29, 0.717) is 12.8 Å². The first-order valence-electron chi connectivity index (χ1n) is 31.3. The van der Waals surface area contributed by atoms with Crippen LogP contribution in [0.5, 0.6) is 0 Å². The van der Waals surface area contributed by atoms with Crippen molar-refractivity contribution in [3.63, 3.8) is 0 Å². The van der Waals surface area contributed by atoms with Crippen molar-refractivity contribution in [1.82, 2.24) is 30.9 Å². The molecule has 0 bridgehead atoms. The number of nitrogens with zero attached hydrogens (tertiary/aromatic N) is 5. The van der Waals surface area contributed by atoms with Crippen molar-refractivity contribution in [3.8, 4) is 11.1 Å². The molecule has 0 radical (unpaired) electrons.